The second-order valence-corrected chi connectivity index (χ2v) is 5.97. The van der Waals surface area contributed by atoms with Crippen LogP contribution >= 0.6 is 11.8 Å². The number of amidine groups is 1. The van der Waals surface area contributed by atoms with Gasteiger partial charge in [0.2, 0.25) is 0 Å². The lowest BCUT2D eigenvalue weighted by atomic mass is 9.99. The molecule has 0 atom stereocenters. The van der Waals surface area contributed by atoms with E-state index in [4.69, 9.17) is 5.73 Å². The largest absolute Gasteiger partial charge is 0.387 e. The molecule has 2 N–H and O–H groups in total. The normalized spacial score (nSPS) is 13.2. The molecule has 0 amide bonds. The molecule has 1 aliphatic rings. The van der Waals surface area contributed by atoms with Crippen LogP contribution in [0.5, 0.6) is 0 Å². The van der Waals surface area contributed by atoms with Gasteiger partial charge in [-0.15, -0.1) is 11.8 Å². The number of hydrogen-bond acceptors (Lipinski definition) is 4. The number of aliphatic imine (C=N–C) groups is 1. The summed E-state index contributed by atoms with van der Waals surface area (Å²) in [7, 11) is 0. The molecule has 0 saturated heterocycles. The first kappa shape index (κ1) is 13.2. The Hall–Kier alpha value is -1.81. The van der Waals surface area contributed by atoms with Crippen molar-refractivity contribution in [2.75, 3.05) is 6.26 Å². The first-order valence-electron chi connectivity index (χ1n) is 6.57. The highest BCUT2D eigenvalue weighted by atomic mass is 32.2. The lowest BCUT2D eigenvalue weighted by molar-refractivity contribution is 1.22. The zero-order valence-electron chi connectivity index (χ0n) is 11.9. The van der Waals surface area contributed by atoms with Gasteiger partial charge in [0, 0.05) is 22.4 Å². The summed E-state index contributed by atoms with van der Waals surface area (Å²) < 4.78 is 0. The van der Waals surface area contributed by atoms with Gasteiger partial charge in [0.25, 0.3) is 0 Å². The molecule has 0 saturated carbocycles. The van der Waals surface area contributed by atoms with Gasteiger partial charge in [0.15, 0.2) is 5.82 Å². The predicted molar refractivity (Wildman–Crippen MR) is 85.9 cm³/mol. The molecular formula is C16H17N3S. The van der Waals surface area contributed by atoms with Crippen molar-refractivity contribution in [3.8, 4) is 11.3 Å². The number of pyridine rings is 1. The molecule has 4 heteroatoms. The monoisotopic (exact) mass is 283 g/mol. The number of nitrogens with two attached hydrogens (primary N) is 1. The zero-order valence-corrected chi connectivity index (χ0v) is 12.7. The molecule has 2 aromatic rings. The fourth-order valence-corrected chi connectivity index (χ4v) is 3.26. The highest BCUT2D eigenvalue weighted by Crippen LogP contribution is 2.33. The van der Waals surface area contributed by atoms with Gasteiger partial charge in [-0.1, -0.05) is 6.07 Å². The van der Waals surface area contributed by atoms with Crippen LogP contribution in [0.4, 0.5) is 5.82 Å². The first-order chi connectivity index (χ1) is 9.58. The summed E-state index contributed by atoms with van der Waals surface area (Å²) in [6.45, 7) is 4.27. The van der Waals surface area contributed by atoms with Crippen LogP contribution in [0, 0.1) is 13.8 Å². The van der Waals surface area contributed by atoms with Crippen molar-refractivity contribution in [2.45, 2.75) is 25.2 Å². The minimum atomic E-state index is 0.649. The molecule has 0 radical (unpaired) electrons. The molecule has 1 aliphatic heterocycles. The lowest BCUT2D eigenvalue weighted by Crippen LogP contribution is -2.09. The highest BCUT2D eigenvalue weighted by molar-refractivity contribution is 7.98. The Kier molecular flexibility index (Phi) is 3.26. The minimum absolute atomic E-state index is 0.649. The topological polar surface area (TPSA) is 51.3 Å². The zero-order chi connectivity index (χ0) is 14.3. The van der Waals surface area contributed by atoms with E-state index >= 15 is 0 Å². The Morgan fingerprint density at radius 2 is 1.85 bits per heavy atom. The van der Waals surface area contributed by atoms with E-state index in [1.165, 1.54) is 21.6 Å². The average molecular weight is 283 g/mol. The van der Waals surface area contributed by atoms with Crippen molar-refractivity contribution in [1.29, 1.82) is 0 Å². The van der Waals surface area contributed by atoms with Gasteiger partial charge >= 0.3 is 0 Å². The van der Waals surface area contributed by atoms with Gasteiger partial charge in [-0.25, -0.2) is 9.98 Å². The summed E-state index contributed by atoms with van der Waals surface area (Å²) >= 11 is 1.76. The number of thioether (sulfide) groups is 1. The van der Waals surface area contributed by atoms with E-state index in [0.29, 0.717) is 12.3 Å². The number of rotatable bonds is 2. The van der Waals surface area contributed by atoms with Crippen molar-refractivity contribution >= 4 is 23.4 Å². The van der Waals surface area contributed by atoms with Gasteiger partial charge < -0.3 is 5.73 Å². The molecule has 0 fully saturated rings. The number of aryl methyl sites for hydroxylation is 2. The molecule has 1 aromatic heterocycles. The number of aromatic nitrogens is 1. The molecule has 0 bridgehead atoms. The van der Waals surface area contributed by atoms with E-state index in [1.54, 1.807) is 11.8 Å². The maximum atomic E-state index is 5.78. The van der Waals surface area contributed by atoms with Crippen molar-refractivity contribution in [3.63, 3.8) is 0 Å². The SMILES string of the molecule is CSc1cc(C)c(-c2ccc3c(n2)N=C(N)C3)c(C)c1. The Morgan fingerprint density at radius 3 is 2.50 bits per heavy atom. The molecular weight excluding hydrogens is 266 g/mol. The van der Waals surface area contributed by atoms with Crippen molar-refractivity contribution in [1.82, 2.24) is 4.98 Å². The molecule has 1 aromatic carbocycles. The third-order valence-electron chi connectivity index (χ3n) is 3.58. The Morgan fingerprint density at radius 1 is 1.15 bits per heavy atom. The fraction of sp³-hybridized carbons (Fsp3) is 0.250. The molecule has 3 rings (SSSR count). The van der Waals surface area contributed by atoms with Crippen LogP contribution in [0.15, 0.2) is 34.2 Å². The Balaban J connectivity index is 2.13. The van der Waals surface area contributed by atoms with Crippen LogP contribution in [-0.4, -0.2) is 17.1 Å². The number of hydrogen-bond donors (Lipinski definition) is 1. The molecule has 0 spiro atoms. The molecule has 102 valence electrons. The van der Waals surface area contributed by atoms with Gasteiger partial charge in [0.05, 0.1) is 5.69 Å². The van der Waals surface area contributed by atoms with Crippen LogP contribution in [0.3, 0.4) is 0 Å². The van der Waals surface area contributed by atoms with E-state index in [0.717, 1.165) is 17.1 Å². The van der Waals surface area contributed by atoms with Crippen LogP contribution in [0.2, 0.25) is 0 Å². The second-order valence-electron chi connectivity index (χ2n) is 5.10. The minimum Gasteiger partial charge on any atom is -0.387 e. The average Bonchev–Trinajstić information content (AvgIpc) is 2.77. The van der Waals surface area contributed by atoms with Crippen molar-refractivity contribution in [3.05, 3.63) is 41.0 Å². The predicted octanol–water partition coefficient (Wildman–Crippen LogP) is 3.63. The van der Waals surface area contributed by atoms with E-state index in [-0.39, 0.29) is 0 Å². The van der Waals surface area contributed by atoms with Gasteiger partial charge in [-0.2, -0.15) is 0 Å². The van der Waals surface area contributed by atoms with Gasteiger partial charge in [-0.3, -0.25) is 0 Å². The first-order valence-corrected chi connectivity index (χ1v) is 7.79. The van der Waals surface area contributed by atoms with Gasteiger partial charge in [0.1, 0.15) is 5.84 Å². The molecule has 2 heterocycles. The van der Waals surface area contributed by atoms with Gasteiger partial charge in [-0.05, 0) is 49.4 Å². The third kappa shape index (κ3) is 2.20. The summed E-state index contributed by atoms with van der Waals surface area (Å²) in [6, 6.07) is 8.57. The summed E-state index contributed by atoms with van der Waals surface area (Å²) in [5.74, 6) is 1.42. The maximum Gasteiger partial charge on any atom is 0.158 e. The molecule has 3 nitrogen and oxygen atoms in total. The standard InChI is InChI=1S/C16H17N3S/c1-9-6-12(20-3)7-10(2)15(9)13-5-4-11-8-14(17)19-16(11)18-13/h4-7H,8H2,1-3H3,(H2,17,18,19). The quantitative estimate of drug-likeness (QED) is 0.856. The molecule has 20 heavy (non-hydrogen) atoms. The Labute approximate surface area is 123 Å². The number of fused-ring (bicyclic) bond motifs is 1. The number of nitrogens with zero attached hydrogens (tertiary/aromatic N) is 2. The van der Waals surface area contributed by atoms with Crippen LogP contribution in [0.1, 0.15) is 16.7 Å². The van der Waals surface area contributed by atoms with Crippen LogP contribution in [0.25, 0.3) is 11.3 Å². The Bertz CT molecular complexity index is 697. The summed E-state index contributed by atoms with van der Waals surface area (Å²) in [4.78, 5) is 10.3. The third-order valence-corrected chi connectivity index (χ3v) is 4.28. The summed E-state index contributed by atoms with van der Waals surface area (Å²) in [5, 5.41) is 0. The van der Waals surface area contributed by atoms with E-state index in [2.05, 4.69) is 54.3 Å². The molecule has 0 unspecified atom stereocenters. The van der Waals surface area contributed by atoms with E-state index in [1.807, 2.05) is 0 Å². The van der Waals surface area contributed by atoms with E-state index in [9.17, 15) is 0 Å². The molecule has 0 aliphatic carbocycles. The van der Waals surface area contributed by atoms with Crippen molar-refractivity contribution < 1.29 is 0 Å². The fourth-order valence-electron chi connectivity index (χ4n) is 2.67. The lowest BCUT2D eigenvalue weighted by Gasteiger charge is -2.12. The van der Waals surface area contributed by atoms with Crippen LogP contribution < -0.4 is 5.73 Å². The smallest absolute Gasteiger partial charge is 0.158 e. The van der Waals surface area contributed by atoms with E-state index < -0.39 is 0 Å². The van der Waals surface area contributed by atoms with Crippen molar-refractivity contribution in [2.24, 2.45) is 10.7 Å². The summed E-state index contributed by atoms with van der Waals surface area (Å²) in [5.41, 5.74) is 11.6. The second kappa shape index (κ2) is 4.94. The maximum absolute atomic E-state index is 5.78. The van der Waals surface area contributed by atoms with Crippen LogP contribution in [-0.2, 0) is 6.42 Å². The number of benzene rings is 1. The highest BCUT2D eigenvalue weighted by Gasteiger charge is 2.16. The summed E-state index contributed by atoms with van der Waals surface area (Å²) in [6.07, 6.45) is 2.81.